The van der Waals surface area contributed by atoms with Gasteiger partial charge < -0.3 is 10.2 Å². The van der Waals surface area contributed by atoms with Crippen molar-refractivity contribution in [3.05, 3.63) is 137 Å². The van der Waals surface area contributed by atoms with Crippen LogP contribution < -0.4 is 105 Å². The van der Waals surface area contributed by atoms with Gasteiger partial charge in [-0.1, -0.05) is 11.8 Å². The molecule has 0 bridgehead atoms. The maximum absolute atomic E-state index is 12.6. The molecule has 0 saturated heterocycles. The molecule has 2 heterocycles. The molecule has 0 aliphatic carbocycles. The summed E-state index contributed by atoms with van der Waals surface area (Å²) in [6.45, 7) is 3.07. The van der Waals surface area contributed by atoms with Crippen LogP contribution in [0.2, 0.25) is 0 Å². The van der Waals surface area contributed by atoms with Crippen LogP contribution in [0.25, 0.3) is 11.4 Å². The number of hydrogen-bond acceptors (Lipinski definition) is 15. The molecule has 30 heteroatoms. The first-order valence-electron chi connectivity index (χ1n) is 15.7. The molecule has 0 aliphatic rings. The summed E-state index contributed by atoms with van der Waals surface area (Å²) in [5.74, 6) is -0.706. The smallest absolute Gasteiger partial charge is 0.871 e. The predicted octanol–water partition coefficient (Wildman–Crippen LogP) is -4.39. The summed E-state index contributed by atoms with van der Waals surface area (Å²) < 4.78 is 64.6. The molecule has 0 aliphatic heterocycles. The molecule has 6 N–H and O–H groups in total. The van der Waals surface area contributed by atoms with E-state index in [-0.39, 0.29) is 172 Å². The maximum atomic E-state index is 12.6. The minimum Gasteiger partial charge on any atom is -0.871 e. The Bertz CT molecular complexity index is 2810. The van der Waals surface area contributed by atoms with Crippen molar-refractivity contribution >= 4 is 54.4 Å². The van der Waals surface area contributed by atoms with Crippen molar-refractivity contribution in [2.24, 2.45) is 20.5 Å². The second-order valence-corrected chi connectivity index (χ2v) is 14.5. The van der Waals surface area contributed by atoms with Crippen LogP contribution in [-0.2, 0) is 37.3 Å². The van der Waals surface area contributed by atoms with Crippen LogP contribution in [0.3, 0.4) is 0 Å². The monoisotopic (exact) mass is 963 g/mol. The number of rotatable bonds is 10. The fourth-order valence-corrected chi connectivity index (χ4v) is 5.79. The normalized spacial score (nSPS) is 11.0. The maximum Gasteiger partial charge on any atom is 1.00 e. The minimum absolute atomic E-state index is 0. The van der Waals surface area contributed by atoms with Crippen molar-refractivity contribution in [1.29, 1.82) is 0 Å². The molecule has 6 aromatic rings. The second-order valence-electron chi connectivity index (χ2n) is 11.7. The third-order valence-corrected chi connectivity index (χ3v) is 9.46. The van der Waals surface area contributed by atoms with Gasteiger partial charge in [-0.25, -0.2) is 9.36 Å². The van der Waals surface area contributed by atoms with Crippen LogP contribution in [0.4, 0.5) is 34.1 Å². The van der Waals surface area contributed by atoms with Gasteiger partial charge in [0.15, 0.2) is 17.1 Å². The average Bonchev–Trinajstić information content (AvgIpc) is 3.61. The van der Waals surface area contributed by atoms with Gasteiger partial charge in [-0.05, 0) is 62.4 Å². The van der Waals surface area contributed by atoms with E-state index in [4.69, 9.17) is 14.2 Å². The van der Waals surface area contributed by atoms with Crippen LogP contribution in [-0.4, -0.2) is 60.5 Å². The number of nitrogens with one attached hydrogen (secondary N) is 2. The first kappa shape index (κ1) is 55.9. The van der Waals surface area contributed by atoms with E-state index in [1.54, 1.807) is 6.92 Å². The number of azo groups is 2. The number of nitro groups is 2. The minimum atomic E-state index is -4.38. The van der Waals surface area contributed by atoms with Crippen LogP contribution in [0, 0.1) is 34.1 Å². The van der Waals surface area contributed by atoms with Crippen LogP contribution >= 0.6 is 0 Å². The van der Waals surface area contributed by atoms with Crippen LogP contribution in [0.5, 0.6) is 11.5 Å². The fourth-order valence-electron chi connectivity index (χ4n) is 4.83. The molecule has 0 unspecified atom stereocenters. The second kappa shape index (κ2) is 23.0. The summed E-state index contributed by atoms with van der Waals surface area (Å²) in [6.07, 6.45) is 0. The summed E-state index contributed by atoms with van der Waals surface area (Å²) in [5.41, 5.74) is -1.33. The summed E-state index contributed by atoms with van der Waals surface area (Å²) in [7, 11) is -8.74. The number of aromatic amines is 2. The number of non-ortho nitro benzene ring substituents is 2. The van der Waals surface area contributed by atoms with Gasteiger partial charge in [-0.3, -0.25) is 49.1 Å². The molecule has 0 radical (unpaired) electrons. The van der Waals surface area contributed by atoms with Crippen molar-refractivity contribution in [3.63, 3.8) is 0 Å². The molecular weight excluding hydrogens is 937 g/mol. The predicted molar refractivity (Wildman–Crippen MR) is 199 cm³/mol. The van der Waals surface area contributed by atoms with Crippen molar-refractivity contribution in [1.82, 2.24) is 19.6 Å². The van der Waals surface area contributed by atoms with Gasteiger partial charge in [0.25, 0.3) is 48.5 Å². The summed E-state index contributed by atoms with van der Waals surface area (Å²) in [4.78, 5) is 44.9. The fraction of sp³-hybridized carbons (Fsp3) is 0.0625. The van der Waals surface area contributed by atoms with E-state index in [1.165, 1.54) is 37.3 Å². The van der Waals surface area contributed by atoms with Gasteiger partial charge >= 0.3 is 88.7 Å². The van der Waals surface area contributed by atoms with Gasteiger partial charge in [0.1, 0.15) is 0 Å². The molecule has 0 amide bonds. The van der Waals surface area contributed by atoms with E-state index in [0.29, 0.717) is 5.69 Å². The first-order chi connectivity index (χ1) is 27.1. The van der Waals surface area contributed by atoms with Gasteiger partial charge in [0, 0.05) is 41.3 Å². The Hall–Kier alpha value is -4.16. The molecule has 4 aromatic carbocycles. The molecule has 24 nitrogen and oxygen atoms in total. The molecule has 0 saturated carbocycles. The number of aryl methyl sites for hydroxylation is 2. The van der Waals surface area contributed by atoms with Crippen LogP contribution in [0.1, 0.15) is 11.4 Å². The van der Waals surface area contributed by atoms with E-state index >= 15 is 0 Å². The molecule has 0 spiro atoms. The molecule has 0 atom stereocenters. The Balaban J connectivity index is 0.000000582. The molecule has 308 valence electrons. The van der Waals surface area contributed by atoms with Gasteiger partial charge in [-0.15, -0.1) is 15.3 Å². The van der Waals surface area contributed by atoms with Gasteiger partial charge in [-0.2, -0.15) is 21.9 Å². The number of aromatic nitrogens is 4. The number of benzene rings is 4. The number of nitro benzene ring substituents is 2. The van der Waals surface area contributed by atoms with Crippen molar-refractivity contribution in [3.8, 4) is 22.9 Å². The standard InChI is InChI=1S/2C16H13N5O7S.Fe.3Na/c2*1-9-15(18-17-13-8-11(21(24)25)4-7-14(13)22)16(23)20(19-9)10-2-5-12(6-3-10)29(26,27)28;;;;/h2*2-8,19,22H,1H3,(H,26,27,28);;;;/q;;;3*+1. The van der Waals surface area contributed by atoms with Crippen molar-refractivity contribution in [2.45, 2.75) is 23.6 Å². The number of H-pyrrole nitrogens is 2. The topological polar surface area (TPSA) is 366 Å². The average molecular weight is 964 g/mol. The quantitative estimate of drug-likeness (QED) is 0.0252. The zero-order chi connectivity index (χ0) is 42.7. The Morgan fingerprint density at radius 2 is 0.968 bits per heavy atom. The van der Waals surface area contributed by atoms with E-state index in [1.807, 2.05) is 0 Å². The van der Waals surface area contributed by atoms with E-state index in [9.17, 15) is 51.8 Å². The van der Waals surface area contributed by atoms with E-state index in [0.717, 1.165) is 64.0 Å². The third-order valence-electron chi connectivity index (χ3n) is 7.73. The third kappa shape index (κ3) is 13.4. The summed E-state index contributed by atoms with van der Waals surface area (Å²) >= 11 is 0. The Morgan fingerprint density at radius 3 is 1.34 bits per heavy atom. The van der Waals surface area contributed by atoms with Gasteiger partial charge in [0.05, 0.1) is 54.2 Å². The summed E-state index contributed by atoms with van der Waals surface area (Å²) in [5, 5.41) is 61.7. The largest absolute Gasteiger partial charge is 1.00 e. The zero-order valence-corrected chi connectivity index (χ0v) is 41.5. The van der Waals surface area contributed by atoms with Crippen molar-refractivity contribution < 1.29 is 152 Å². The number of hydrogen-bond donors (Lipinski definition) is 4. The molecular formula is C32H26FeN10Na3O14S2+3. The van der Waals surface area contributed by atoms with E-state index in [2.05, 4.69) is 30.7 Å². The zero-order valence-electron chi connectivity index (χ0n) is 32.7. The SMILES string of the molecule is Cc1[nH]n(-c2ccc(S(=O)(=O)O)cc2)c(=O)c1N=Nc1cc([N+](=O)[O-])ccc1[O-].Cc1[nH]n(-c2ccc(S(=O)(=O)O)cc2)c(=O)c1N=Nc1cc([N+](=O)[O-])ccc1[OH2+].[Fe].[Na+].[Na+].[Na+]. The Labute approximate surface area is 425 Å². The first-order valence-corrected chi connectivity index (χ1v) is 18.6. The molecule has 0 fully saturated rings. The molecule has 2 aromatic heterocycles. The molecule has 62 heavy (non-hydrogen) atoms. The number of nitrogens with zero attached hydrogens (tertiary/aromatic N) is 8. The van der Waals surface area contributed by atoms with E-state index < -0.39 is 47.0 Å². The Kier molecular flexibility index (Phi) is 20.7. The van der Waals surface area contributed by atoms with Crippen molar-refractivity contribution in [2.75, 3.05) is 0 Å². The Morgan fingerprint density at radius 1 is 0.613 bits per heavy atom. The van der Waals surface area contributed by atoms with Gasteiger partial charge in [0.2, 0.25) is 0 Å². The van der Waals surface area contributed by atoms with Crippen LogP contribution in [0.15, 0.2) is 125 Å². The summed E-state index contributed by atoms with van der Waals surface area (Å²) in [6, 6.07) is 16.1. The molecule has 6 rings (SSSR count).